The molecule has 4 rings (SSSR count). The van der Waals surface area contributed by atoms with Crippen LogP contribution in [-0.4, -0.2) is 46.9 Å². The van der Waals surface area contributed by atoms with Gasteiger partial charge in [-0.3, -0.25) is 9.69 Å². The minimum atomic E-state index is -0.165. The van der Waals surface area contributed by atoms with Crippen molar-refractivity contribution in [3.05, 3.63) is 89.1 Å². The van der Waals surface area contributed by atoms with Crippen molar-refractivity contribution in [1.29, 1.82) is 0 Å². The van der Waals surface area contributed by atoms with Gasteiger partial charge < -0.3 is 9.32 Å². The zero-order valence-corrected chi connectivity index (χ0v) is 19.5. The molecule has 5 nitrogen and oxygen atoms in total. The molecule has 0 unspecified atom stereocenters. The fourth-order valence-corrected chi connectivity index (χ4v) is 4.28. The first-order chi connectivity index (χ1) is 15.3. The fraction of sp³-hybridized carbons (Fsp3) is 0.407. The first-order valence-electron chi connectivity index (χ1n) is 11.4. The van der Waals surface area contributed by atoms with Gasteiger partial charge in [0.25, 0.3) is 0 Å². The van der Waals surface area contributed by atoms with Crippen molar-refractivity contribution >= 4 is 5.91 Å². The predicted molar refractivity (Wildman–Crippen MR) is 127 cm³/mol. The maximum absolute atomic E-state index is 13.0. The Kier molecular flexibility index (Phi) is 6.47. The van der Waals surface area contributed by atoms with E-state index in [0.29, 0.717) is 24.7 Å². The number of carbonyl (C=O) groups excluding carboxylic acids is 1. The monoisotopic (exact) mass is 431 g/mol. The van der Waals surface area contributed by atoms with Crippen molar-refractivity contribution in [2.24, 2.45) is 0 Å². The van der Waals surface area contributed by atoms with Crippen LogP contribution in [0.3, 0.4) is 0 Å². The zero-order valence-electron chi connectivity index (χ0n) is 19.5. The summed E-state index contributed by atoms with van der Waals surface area (Å²) in [6.07, 6.45) is 0.274. The van der Waals surface area contributed by atoms with Crippen LogP contribution in [0.15, 0.2) is 65.1 Å². The van der Waals surface area contributed by atoms with E-state index in [0.717, 1.165) is 18.8 Å². The Hall–Kier alpha value is -2.92. The highest BCUT2D eigenvalue weighted by atomic mass is 16.4. The maximum Gasteiger partial charge on any atom is 0.230 e. The van der Waals surface area contributed by atoms with Gasteiger partial charge in [0.05, 0.1) is 18.2 Å². The van der Waals surface area contributed by atoms with Crippen molar-refractivity contribution in [1.82, 2.24) is 14.8 Å². The van der Waals surface area contributed by atoms with Gasteiger partial charge in [-0.15, -0.1) is 0 Å². The molecule has 0 spiro atoms. The van der Waals surface area contributed by atoms with Gasteiger partial charge >= 0.3 is 0 Å². The number of hydrogen-bond donors (Lipinski definition) is 0. The van der Waals surface area contributed by atoms with Crippen molar-refractivity contribution in [3.8, 4) is 0 Å². The Morgan fingerprint density at radius 2 is 1.47 bits per heavy atom. The lowest BCUT2D eigenvalue weighted by atomic mass is 9.96. The van der Waals surface area contributed by atoms with Gasteiger partial charge in [-0.05, 0) is 18.1 Å². The lowest BCUT2D eigenvalue weighted by molar-refractivity contribution is -0.132. The molecule has 2 heterocycles. The number of amides is 1. The largest absolute Gasteiger partial charge is 0.444 e. The maximum atomic E-state index is 13.0. The smallest absolute Gasteiger partial charge is 0.230 e. The Labute approximate surface area is 191 Å². The molecule has 0 atom stereocenters. The molecule has 3 aromatic rings. The number of piperazine rings is 1. The van der Waals surface area contributed by atoms with E-state index in [9.17, 15) is 4.79 Å². The normalized spacial score (nSPS) is 15.3. The van der Waals surface area contributed by atoms with Crippen LogP contribution < -0.4 is 0 Å². The summed E-state index contributed by atoms with van der Waals surface area (Å²) in [4.78, 5) is 22.0. The summed E-state index contributed by atoms with van der Waals surface area (Å²) < 4.78 is 5.95. The summed E-state index contributed by atoms with van der Waals surface area (Å²) in [6, 6.07) is 21.4. The standard InChI is InChI=1S/C27H33N3O2/c1-20-23(32-26(28-20)27(2,3)4)19-24(31)29-15-17-30(18-16-29)25(21-11-7-5-8-12-21)22-13-9-6-10-14-22/h5-14,25H,15-19H2,1-4H3. The molecule has 1 aliphatic heterocycles. The second kappa shape index (κ2) is 9.29. The minimum Gasteiger partial charge on any atom is -0.444 e. The highest BCUT2D eigenvalue weighted by Crippen LogP contribution is 2.30. The molecule has 1 fully saturated rings. The molecule has 1 saturated heterocycles. The third kappa shape index (κ3) is 4.94. The van der Waals surface area contributed by atoms with Crippen molar-refractivity contribution < 1.29 is 9.21 Å². The van der Waals surface area contributed by atoms with Crippen molar-refractivity contribution in [2.45, 2.75) is 45.6 Å². The lowest BCUT2D eigenvalue weighted by Crippen LogP contribution is -2.50. The number of benzene rings is 2. The van der Waals surface area contributed by atoms with Crippen LogP contribution in [0.5, 0.6) is 0 Å². The first-order valence-corrected chi connectivity index (χ1v) is 11.4. The Bertz CT molecular complexity index is 990. The van der Waals surface area contributed by atoms with E-state index < -0.39 is 0 Å². The second-order valence-corrected chi connectivity index (χ2v) is 9.60. The molecule has 0 saturated carbocycles. The quantitative estimate of drug-likeness (QED) is 0.585. The van der Waals surface area contributed by atoms with Gasteiger partial charge in [0.15, 0.2) is 5.89 Å². The number of carbonyl (C=O) groups is 1. The lowest BCUT2D eigenvalue weighted by Gasteiger charge is -2.39. The molecule has 0 N–H and O–H groups in total. The summed E-state index contributed by atoms with van der Waals surface area (Å²) in [7, 11) is 0. The van der Waals surface area contributed by atoms with E-state index in [4.69, 9.17) is 4.42 Å². The predicted octanol–water partition coefficient (Wildman–Crippen LogP) is 4.76. The van der Waals surface area contributed by atoms with E-state index in [1.54, 1.807) is 0 Å². The van der Waals surface area contributed by atoms with Crippen LogP contribution in [0, 0.1) is 6.92 Å². The highest BCUT2D eigenvalue weighted by molar-refractivity contribution is 5.78. The molecule has 0 radical (unpaired) electrons. The molecule has 1 aromatic heterocycles. The molecule has 5 heteroatoms. The summed E-state index contributed by atoms with van der Waals surface area (Å²) >= 11 is 0. The van der Waals surface area contributed by atoms with Gasteiger partial charge in [-0.1, -0.05) is 81.4 Å². The Morgan fingerprint density at radius 1 is 0.938 bits per heavy atom. The number of nitrogens with zero attached hydrogens (tertiary/aromatic N) is 3. The van der Waals surface area contributed by atoms with Crippen molar-refractivity contribution in [3.63, 3.8) is 0 Å². The molecule has 2 aromatic carbocycles. The van der Waals surface area contributed by atoms with Crippen molar-refractivity contribution in [2.75, 3.05) is 26.2 Å². The molecule has 1 aliphatic rings. The second-order valence-electron chi connectivity index (χ2n) is 9.60. The molecule has 0 aliphatic carbocycles. The fourth-order valence-electron chi connectivity index (χ4n) is 4.28. The van der Waals surface area contributed by atoms with Crippen LogP contribution in [0.2, 0.25) is 0 Å². The van der Waals surface area contributed by atoms with Crippen LogP contribution >= 0.6 is 0 Å². The van der Waals surface area contributed by atoms with Gasteiger partial charge in [0.2, 0.25) is 5.91 Å². The topological polar surface area (TPSA) is 49.6 Å². The average molecular weight is 432 g/mol. The summed E-state index contributed by atoms with van der Waals surface area (Å²) in [5.41, 5.74) is 3.22. The molecule has 0 bridgehead atoms. The van der Waals surface area contributed by atoms with E-state index in [1.165, 1.54) is 11.1 Å². The van der Waals surface area contributed by atoms with Gasteiger partial charge in [-0.25, -0.2) is 4.98 Å². The Morgan fingerprint density at radius 3 is 1.94 bits per heavy atom. The number of aromatic nitrogens is 1. The molecule has 1 amide bonds. The summed E-state index contributed by atoms with van der Waals surface area (Å²) in [6.45, 7) is 11.2. The van der Waals surface area contributed by atoms with E-state index in [2.05, 4.69) is 91.3 Å². The van der Waals surface area contributed by atoms with Gasteiger partial charge in [0.1, 0.15) is 5.76 Å². The zero-order chi connectivity index (χ0) is 22.7. The van der Waals surface area contributed by atoms with Gasteiger partial charge in [-0.2, -0.15) is 0 Å². The molecular formula is C27H33N3O2. The van der Waals surface area contributed by atoms with E-state index in [1.807, 2.05) is 11.8 Å². The Balaban J connectivity index is 1.44. The number of rotatable bonds is 5. The highest BCUT2D eigenvalue weighted by Gasteiger charge is 2.29. The number of aryl methyl sites for hydroxylation is 1. The number of oxazole rings is 1. The minimum absolute atomic E-state index is 0.111. The average Bonchev–Trinajstić information content (AvgIpc) is 3.17. The first kappa shape index (κ1) is 22.3. The molecular weight excluding hydrogens is 398 g/mol. The third-order valence-corrected chi connectivity index (χ3v) is 6.11. The van der Waals surface area contributed by atoms with E-state index >= 15 is 0 Å². The third-order valence-electron chi connectivity index (χ3n) is 6.11. The van der Waals surface area contributed by atoms with Crippen LogP contribution in [-0.2, 0) is 16.6 Å². The van der Waals surface area contributed by atoms with Crippen LogP contribution in [0.1, 0.15) is 55.3 Å². The summed E-state index contributed by atoms with van der Waals surface area (Å²) in [5.74, 6) is 1.49. The SMILES string of the molecule is Cc1nc(C(C)(C)C)oc1CC(=O)N1CCN(C(c2ccccc2)c2ccccc2)CC1. The van der Waals surface area contributed by atoms with Crippen LogP contribution in [0.4, 0.5) is 0 Å². The number of hydrogen-bond acceptors (Lipinski definition) is 4. The summed E-state index contributed by atoms with van der Waals surface area (Å²) in [5, 5.41) is 0. The molecule has 32 heavy (non-hydrogen) atoms. The van der Waals surface area contributed by atoms with Gasteiger partial charge in [0, 0.05) is 31.6 Å². The molecule has 168 valence electrons. The van der Waals surface area contributed by atoms with E-state index in [-0.39, 0.29) is 23.8 Å². The van der Waals surface area contributed by atoms with Crippen LogP contribution in [0.25, 0.3) is 0 Å².